The van der Waals surface area contributed by atoms with Crippen LogP contribution in [0, 0.1) is 12.8 Å². The van der Waals surface area contributed by atoms with Gasteiger partial charge in [-0.3, -0.25) is 0 Å². The molecule has 0 aromatic rings. The van der Waals surface area contributed by atoms with Gasteiger partial charge in [0.15, 0.2) is 0 Å². The number of aliphatic hydroxyl groups is 1. The van der Waals surface area contributed by atoms with Crippen molar-refractivity contribution in [3.05, 3.63) is 6.92 Å². The summed E-state index contributed by atoms with van der Waals surface area (Å²) in [6.07, 6.45) is 5.09. The summed E-state index contributed by atoms with van der Waals surface area (Å²) in [5, 5.41) is 9.16. The topological polar surface area (TPSA) is 20.2 Å². The Balaban J connectivity index is 3.01. The van der Waals surface area contributed by atoms with Crippen LogP contribution in [0.1, 0.15) is 46.0 Å². The van der Waals surface area contributed by atoms with Gasteiger partial charge in [-0.1, -0.05) is 40.0 Å². The van der Waals surface area contributed by atoms with Crippen molar-refractivity contribution in [3.8, 4) is 0 Å². The average Bonchev–Trinajstić information content (AvgIpc) is 1.97. The number of hydrogen-bond donors (Lipinski definition) is 1. The number of hydrogen-bond acceptors (Lipinski definition) is 1. The Bertz CT molecular complexity index is 78.9. The van der Waals surface area contributed by atoms with E-state index in [-0.39, 0.29) is 6.10 Å². The second kappa shape index (κ2) is 6.66. The highest BCUT2D eigenvalue weighted by atomic mass is 16.3. The van der Waals surface area contributed by atoms with Crippen LogP contribution in [-0.2, 0) is 0 Å². The van der Waals surface area contributed by atoms with E-state index in [1.54, 1.807) is 0 Å². The highest BCUT2D eigenvalue weighted by molar-refractivity contribution is 4.57. The largest absolute Gasteiger partial charge is 0.393 e. The minimum atomic E-state index is -0.165. The maximum atomic E-state index is 9.16. The lowest BCUT2D eigenvalue weighted by Gasteiger charge is -2.07. The highest BCUT2D eigenvalue weighted by Gasteiger charge is 2.00. The summed E-state index contributed by atoms with van der Waals surface area (Å²) >= 11 is 0. The zero-order chi connectivity index (χ0) is 8.69. The molecule has 0 amide bonds. The van der Waals surface area contributed by atoms with E-state index in [1.807, 2.05) is 0 Å². The maximum absolute atomic E-state index is 9.16. The van der Waals surface area contributed by atoms with Gasteiger partial charge in [0.1, 0.15) is 0 Å². The van der Waals surface area contributed by atoms with Crippen LogP contribution in [0.15, 0.2) is 0 Å². The van der Waals surface area contributed by atoms with Crippen LogP contribution >= 0.6 is 0 Å². The zero-order valence-electron chi connectivity index (χ0n) is 7.84. The predicted octanol–water partition coefficient (Wildman–Crippen LogP) is 2.79. The van der Waals surface area contributed by atoms with E-state index in [4.69, 9.17) is 5.11 Å². The summed E-state index contributed by atoms with van der Waals surface area (Å²) in [5.41, 5.74) is 0. The van der Waals surface area contributed by atoms with Crippen molar-refractivity contribution in [2.45, 2.75) is 52.1 Å². The molecule has 1 radical (unpaired) electrons. The van der Waals surface area contributed by atoms with E-state index >= 15 is 0 Å². The maximum Gasteiger partial charge on any atom is 0.0540 e. The lowest BCUT2D eigenvalue weighted by molar-refractivity contribution is 0.162. The zero-order valence-corrected chi connectivity index (χ0v) is 7.84. The van der Waals surface area contributed by atoms with Crippen molar-refractivity contribution in [2.75, 3.05) is 0 Å². The van der Waals surface area contributed by atoms with Gasteiger partial charge in [-0.25, -0.2) is 0 Å². The van der Waals surface area contributed by atoms with Crippen LogP contribution in [0.5, 0.6) is 0 Å². The first-order valence-electron chi connectivity index (χ1n) is 4.64. The molecule has 0 aromatic carbocycles. The Hall–Kier alpha value is -0.0400. The molecule has 1 N–H and O–H groups in total. The molecule has 1 atom stereocenters. The first kappa shape index (κ1) is 11.0. The van der Waals surface area contributed by atoms with Crippen molar-refractivity contribution in [1.82, 2.24) is 0 Å². The fourth-order valence-corrected chi connectivity index (χ4v) is 1.08. The molecule has 0 fully saturated rings. The molecule has 0 rings (SSSR count). The molecule has 0 spiro atoms. The van der Waals surface area contributed by atoms with Gasteiger partial charge in [-0.15, -0.1) is 0 Å². The van der Waals surface area contributed by atoms with Crippen molar-refractivity contribution >= 4 is 0 Å². The smallest absolute Gasteiger partial charge is 0.0540 e. The number of rotatable bonds is 6. The van der Waals surface area contributed by atoms with Crippen molar-refractivity contribution < 1.29 is 5.11 Å². The van der Waals surface area contributed by atoms with Crippen molar-refractivity contribution in [3.63, 3.8) is 0 Å². The summed E-state index contributed by atoms with van der Waals surface area (Å²) < 4.78 is 0. The monoisotopic (exact) mass is 157 g/mol. The number of aliphatic hydroxyl groups excluding tert-OH is 1. The molecule has 67 valence electrons. The summed E-state index contributed by atoms with van der Waals surface area (Å²) in [7, 11) is 0. The van der Waals surface area contributed by atoms with Crippen LogP contribution < -0.4 is 0 Å². The first-order chi connectivity index (χ1) is 5.16. The van der Waals surface area contributed by atoms with Gasteiger partial charge >= 0.3 is 0 Å². The van der Waals surface area contributed by atoms with E-state index in [2.05, 4.69) is 20.8 Å². The van der Waals surface area contributed by atoms with Gasteiger partial charge in [-0.05, 0) is 18.8 Å². The molecular formula is C10H21O. The molecule has 0 aliphatic rings. The third-order valence-corrected chi connectivity index (χ3v) is 1.90. The van der Waals surface area contributed by atoms with Gasteiger partial charge in [0, 0.05) is 0 Å². The minimum Gasteiger partial charge on any atom is -0.393 e. The lowest BCUT2D eigenvalue weighted by Crippen LogP contribution is -2.03. The van der Waals surface area contributed by atoms with E-state index < -0.39 is 0 Å². The molecule has 0 saturated carbocycles. The molecule has 1 nitrogen and oxygen atoms in total. The third kappa shape index (κ3) is 7.86. The van der Waals surface area contributed by atoms with Gasteiger partial charge < -0.3 is 5.11 Å². The predicted molar refractivity (Wildman–Crippen MR) is 49.3 cm³/mol. The minimum absolute atomic E-state index is 0.165. The summed E-state index contributed by atoms with van der Waals surface area (Å²) in [4.78, 5) is 0. The third-order valence-electron chi connectivity index (χ3n) is 1.90. The van der Waals surface area contributed by atoms with Gasteiger partial charge in [0.25, 0.3) is 0 Å². The molecule has 0 aromatic heterocycles. The Morgan fingerprint density at radius 1 is 1.18 bits per heavy atom. The summed E-state index contributed by atoms with van der Waals surface area (Å²) in [6.45, 7) is 8.12. The van der Waals surface area contributed by atoms with E-state index in [1.165, 1.54) is 12.8 Å². The normalized spacial score (nSPS) is 13.9. The Morgan fingerprint density at radius 2 is 1.73 bits per heavy atom. The van der Waals surface area contributed by atoms with Crippen molar-refractivity contribution in [1.29, 1.82) is 0 Å². The summed E-state index contributed by atoms with van der Waals surface area (Å²) in [6, 6.07) is 0. The molecular weight excluding hydrogens is 136 g/mol. The van der Waals surface area contributed by atoms with E-state index in [0.717, 1.165) is 18.8 Å². The average molecular weight is 157 g/mol. The molecule has 0 aliphatic heterocycles. The first-order valence-corrected chi connectivity index (χ1v) is 4.64. The van der Waals surface area contributed by atoms with Crippen molar-refractivity contribution in [2.24, 2.45) is 5.92 Å². The Labute approximate surface area is 70.8 Å². The van der Waals surface area contributed by atoms with Gasteiger partial charge in [0.05, 0.1) is 6.10 Å². The highest BCUT2D eigenvalue weighted by Crippen LogP contribution is 2.10. The second-order valence-electron chi connectivity index (χ2n) is 3.62. The molecule has 1 heteroatoms. The van der Waals surface area contributed by atoms with Crippen LogP contribution in [-0.4, -0.2) is 11.2 Å². The molecule has 11 heavy (non-hydrogen) atoms. The fourth-order valence-electron chi connectivity index (χ4n) is 1.08. The van der Waals surface area contributed by atoms with Gasteiger partial charge in [-0.2, -0.15) is 0 Å². The molecule has 1 unspecified atom stereocenters. The van der Waals surface area contributed by atoms with E-state index in [9.17, 15) is 0 Å². The standard InChI is InChI=1S/C10H21O/c1-4-10(11)8-6-5-7-9(2)3/h9-11H,1,4-8H2,2-3H3. The van der Waals surface area contributed by atoms with E-state index in [0.29, 0.717) is 6.42 Å². The molecule has 0 heterocycles. The van der Waals surface area contributed by atoms with Crippen LogP contribution in [0.3, 0.4) is 0 Å². The van der Waals surface area contributed by atoms with Crippen LogP contribution in [0.2, 0.25) is 0 Å². The van der Waals surface area contributed by atoms with Gasteiger partial charge in [0.2, 0.25) is 0 Å². The Kier molecular flexibility index (Phi) is 6.63. The molecule has 0 aliphatic carbocycles. The lowest BCUT2D eigenvalue weighted by atomic mass is 10.0. The molecule has 0 saturated heterocycles. The quantitative estimate of drug-likeness (QED) is 0.588. The second-order valence-corrected chi connectivity index (χ2v) is 3.62. The SMILES string of the molecule is [CH2]CC(O)CCCCC(C)C. The summed E-state index contributed by atoms with van der Waals surface area (Å²) in [5.74, 6) is 0.798. The Morgan fingerprint density at radius 3 is 2.18 bits per heavy atom. The number of unbranched alkanes of at least 4 members (excludes halogenated alkanes) is 1. The molecule has 0 bridgehead atoms. The van der Waals surface area contributed by atoms with Crippen LogP contribution in [0.4, 0.5) is 0 Å². The van der Waals surface area contributed by atoms with Crippen LogP contribution in [0.25, 0.3) is 0 Å². The fraction of sp³-hybridized carbons (Fsp3) is 0.900.